The lowest BCUT2D eigenvalue weighted by Crippen LogP contribution is -2.28. The summed E-state index contributed by atoms with van der Waals surface area (Å²) >= 11 is 0. The number of aromatic hydroxyl groups is 1. The molecule has 0 aliphatic heterocycles. The summed E-state index contributed by atoms with van der Waals surface area (Å²) in [5.74, 6) is -0.0574. The molecule has 1 amide bonds. The molecular formula is C17H20N4O3. The molecule has 1 saturated carbocycles. The summed E-state index contributed by atoms with van der Waals surface area (Å²) in [6, 6.07) is 5.09. The number of pyridine rings is 1. The van der Waals surface area contributed by atoms with Crippen molar-refractivity contribution in [1.82, 2.24) is 15.0 Å². The van der Waals surface area contributed by atoms with Crippen molar-refractivity contribution in [3.05, 3.63) is 34.7 Å². The first kappa shape index (κ1) is 16.2. The monoisotopic (exact) mass is 328 g/mol. The van der Waals surface area contributed by atoms with Gasteiger partial charge in [-0.3, -0.25) is 24.9 Å². The fraction of sp³-hybridized carbons (Fsp3) is 0.412. The van der Waals surface area contributed by atoms with E-state index in [0.717, 1.165) is 25.7 Å². The maximum absolute atomic E-state index is 12.4. The van der Waals surface area contributed by atoms with Crippen LogP contribution in [0.3, 0.4) is 0 Å². The molecule has 0 aromatic carbocycles. The number of anilines is 1. The van der Waals surface area contributed by atoms with E-state index >= 15 is 0 Å². The largest absolute Gasteiger partial charge is 0.501 e. The summed E-state index contributed by atoms with van der Waals surface area (Å²) in [4.78, 5) is 34.9. The Balaban J connectivity index is 1.83. The van der Waals surface area contributed by atoms with E-state index in [9.17, 15) is 14.7 Å². The van der Waals surface area contributed by atoms with E-state index in [2.05, 4.69) is 27.2 Å². The molecule has 0 spiro atoms. The molecule has 1 aliphatic carbocycles. The normalized spacial score (nSPS) is 20.5. The molecule has 2 aromatic heterocycles. The highest BCUT2D eigenvalue weighted by Gasteiger charge is 2.25. The Morgan fingerprint density at radius 1 is 1.29 bits per heavy atom. The third kappa shape index (κ3) is 3.45. The van der Waals surface area contributed by atoms with Crippen LogP contribution in [0.15, 0.2) is 29.2 Å². The molecule has 1 fully saturated rings. The predicted molar refractivity (Wildman–Crippen MR) is 89.5 cm³/mol. The van der Waals surface area contributed by atoms with Crippen LogP contribution in [0.4, 0.5) is 5.95 Å². The van der Waals surface area contributed by atoms with Gasteiger partial charge >= 0.3 is 0 Å². The Labute approximate surface area is 139 Å². The lowest BCUT2D eigenvalue weighted by molar-refractivity contribution is -0.121. The summed E-state index contributed by atoms with van der Waals surface area (Å²) in [6.45, 7) is 2.19. The standard InChI is InChI=1S/C17H20N4O3/c1-10-5-7-11(8-6-10)15(23)20-17-19-13(14(22)16(24)21-17)12-4-2-3-9-18-12/h2-4,9-11,22H,5-8H2,1H3,(H2,19,20,21,23,24). The molecule has 2 heterocycles. The molecular weight excluding hydrogens is 308 g/mol. The van der Waals surface area contributed by atoms with E-state index in [1.165, 1.54) is 0 Å². The fourth-order valence-corrected chi connectivity index (χ4v) is 2.95. The van der Waals surface area contributed by atoms with Gasteiger partial charge in [-0.1, -0.05) is 13.0 Å². The van der Waals surface area contributed by atoms with E-state index in [1.807, 2.05) is 0 Å². The lowest BCUT2D eigenvalue weighted by Gasteiger charge is -2.24. The van der Waals surface area contributed by atoms with Crippen LogP contribution < -0.4 is 10.9 Å². The van der Waals surface area contributed by atoms with Gasteiger partial charge in [-0.05, 0) is 43.7 Å². The number of rotatable bonds is 3. The van der Waals surface area contributed by atoms with Gasteiger partial charge < -0.3 is 5.11 Å². The lowest BCUT2D eigenvalue weighted by atomic mass is 9.82. The Morgan fingerprint density at radius 2 is 2.04 bits per heavy atom. The summed E-state index contributed by atoms with van der Waals surface area (Å²) in [7, 11) is 0. The fourth-order valence-electron chi connectivity index (χ4n) is 2.95. The Hall–Kier alpha value is -2.70. The molecule has 3 rings (SSSR count). The van der Waals surface area contributed by atoms with Gasteiger partial charge in [0.15, 0.2) is 0 Å². The highest BCUT2D eigenvalue weighted by molar-refractivity contribution is 5.91. The van der Waals surface area contributed by atoms with Gasteiger partial charge in [0.05, 0.1) is 5.69 Å². The van der Waals surface area contributed by atoms with Gasteiger partial charge in [0.1, 0.15) is 5.69 Å². The van der Waals surface area contributed by atoms with E-state index in [-0.39, 0.29) is 23.5 Å². The second-order valence-corrected chi connectivity index (χ2v) is 6.27. The van der Waals surface area contributed by atoms with E-state index in [4.69, 9.17) is 0 Å². The van der Waals surface area contributed by atoms with Crippen LogP contribution in [0.25, 0.3) is 11.4 Å². The molecule has 0 saturated heterocycles. The van der Waals surface area contributed by atoms with Crippen molar-refractivity contribution in [2.24, 2.45) is 11.8 Å². The number of amides is 1. The molecule has 0 unspecified atom stereocenters. The van der Waals surface area contributed by atoms with E-state index in [0.29, 0.717) is 11.6 Å². The molecule has 2 aromatic rings. The molecule has 7 nitrogen and oxygen atoms in total. The van der Waals surface area contributed by atoms with Crippen molar-refractivity contribution < 1.29 is 9.90 Å². The van der Waals surface area contributed by atoms with Crippen LogP contribution in [-0.4, -0.2) is 26.0 Å². The van der Waals surface area contributed by atoms with Crippen LogP contribution in [0.1, 0.15) is 32.6 Å². The SMILES string of the molecule is CC1CCC(C(=O)Nc2nc(-c3ccccn3)c(O)c(=O)[nH]2)CC1. The first-order valence-corrected chi connectivity index (χ1v) is 8.10. The van der Waals surface area contributed by atoms with Crippen LogP contribution in [0, 0.1) is 11.8 Å². The van der Waals surface area contributed by atoms with Crippen molar-refractivity contribution >= 4 is 11.9 Å². The third-order valence-corrected chi connectivity index (χ3v) is 4.43. The Bertz CT molecular complexity index is 780. The van der Waals surface area contributed by atoms with Crippen LogP contribution in [0.2, 0.25) is 0 Å². The van der Waals surface area contributed by atoms with Gasteiger partial charge in [0.25, 0.3) is 5.56 Å². The highest BCUT2D eigenvalue weighted by atomic mass is 16.3. The third-order valence-electron chi connectivity index (χ3n) is 4.43. The smallest absolute Gasteiger partial charge is 0.295 e. The average Bonchev–Trinajstić information content (AvgIpc) is 2.59. The van der Waals surface area contributed by atoms with Gasteiger partial charge in [-0.2, -0.15) is 0 Å². The molecule has 126 valence electrons. The van der Waals surface area contributed by atoms with Crippen molar-refractivity contribution in [2.45, 2.75) is 32.6 Å². The molecule has 0 bridgehead atoms. The minimum atomic E-state index is -0.710. The second-order valence-electron chi connectivity index (χ2n) is 6.27. The number of carbonyl (C=O) groups excluding carboxylic acids is 1. The highest BCUT2D eigenvalue weighted by Crippen LogP contribution is 2.29. The molecule has 0 radical (unpaired) electrons. The van der Waals surface area contributed by atoms with Crippen molar-refractivity contribution in [2.75, 3.05) is 5.32 Å². The van der Waals surface area contributed by atoms with Crippen LogP contribution in [0.5, 0.6) is 5.75 Å². The van der Waals surface area contributed by atoms with Crippen LogP contribution in [-0.2, 0) is 4.79 Å². The molecule has 3 N–H and O–H groups in total. The number of hydrogen-bond acceptors (Lipinski definition) is 5. The van der Waals surface area contributed by atoms with Gasteiger partial charge in [0.2, 0.25) is 17.6 Å². The second kappa shape index (κ2) is 6.82. The minimum Gasteiger partial charge on any atom is -0.501 e. The Kier molecular flexibility index (Phi) is 4.59. The molecule has 7 heteroatoms. The minimum absolute atomic E-state index is 0.0297. The number of hydrogen-bond donors (Lipinski definition) is 3. The van der Waals surface area contributed by atoms with Gasteiger partial charge in [0, 0.05) is 12.1 Å². The maximum atomic E-state index is 12.4. The quantitative estimate of drug-likeness (QED) is 0.801. The molecule has 24 heavy (non-hydrogen) atoms. The topological polar surface area (TPSA) is 108 Å². The first-order chi connectivity index (χ1) is 11.5. The molecule has 0 atom stereocenters. The summed E-state index contributed by atoms with van der Waals surface area (Å²) < 4.78 is 0. The maximum Gasteiger partial charge on any atom is 0.295 e. The number of carbonyl (C=O) groups is 1. The van der Waals surface area contributed by atoms with Crippen molar-refractivity contribution in [3.63, 3.8) is 0 Å². The number of nitrogens with one attached hydrogen (secondary N) is 2. The summed E-state index contributed by atoms with van der Waals surface area (Å²) in [5, 5.41) is 12.6. The average molecular weight is 328 g/mol. The van der Waals surface area contributed by atoms with Gasteiger partial charge in [-0.15, -0.1) is 0 Å². The van der Waals surface area contributed by atoms with Crippen LogP contribution >= 0.6 is 0 Å². The summed E-state index contributed by atoms with van der Waals surface area (Å²) in [5.41, 5.74) is -0.298. The Morgan fingerprint density at radius 3 is 2.71 bits per heavy atom. The predicted octanol–water partition coefficient (Wildman–Crippen LogP) is 2.30. The number of aromatic amines is 1. The molecule has 1 aliphatic rings. The van der Waals surface area contributed by atoms with Crippen molar-refractivity contribution in [1.29, 1.82) is 0 Å². The van der Waals surface area contributed by atoms with E-state index < -0.39 is 11.3 Å². The van der Waals surface area contributed by atoms with E-state index in [1.54, 1.807) is 24.4 Å². The summed E-state index contributed by atoms with van der Waals surface area (Å²) in [6.07, 6.45) is 5.26. The first-order valence-electron chi connectivity index (χ1n) is 8.10. The zero-order valence-electron chi connectivity index (χ0n) is 13.5. The number of H-pyrrole nitrogens is 1. The van der Waals surface area contributed by atoms with Gasteiger partial charge in [-0.25, -0.2) is 4.98 Å². The van der Waals surface area contributed by atoms with Crippen molar-refractivity contribution in [3.8, 4) is 17.1 Å². The zero-order valence-corrected chi connectivity index (χ0v) is 13.5. The number of nitrogens with zero attached hydrogens (tertiary/aromatic N) is 2. The zero-order chi connectivity index (χ0) is 17.1. The number of aromatic nitrogens is 3.